The molecule has 0 bridgehead atoms. The molecule has 1 fully saturated rings. The summed E-state index contributed by atoms with van der Waals surface area (Å²) in [6, 6.07) is 6.04. The molecule has 2 amide bonds. The lowest BCUT2D eigenvalue weighted by atomic mass is 9.97. The molecule has 1 atom stereocenters. The van der Waals surface area contributed by atoms with Crippen LogP contribution >= 0.6 is 0 Å². The molecule has 1 saturated carbocycles. The minimum Gasteiger partial charge on any atom is -0.335 e. The number of hydrogen-bond donors (Lipinski definition) is 3. The predicted molar refractivity (Wildman–Crippen MR) is 94.0 cm³/mol. The number of nitrogens with two attached hydrogens (primary N) is 1. The second-order valence-corrected chi connectivity index (χ2v) is 8.06. The highest BCUT2D eigenvalue weighted by Crippen LogP contribution is 2.18. The summed E-state index contributed by atoms with van der Waals surface area (Å²) >= 11 is 0. The van der Waals surface area contributed by atoms with Crippen LogP contribution in [0.1, 0.15) is 63.5 Å². The van der Waals surface area contributed by atoms with Crippen LogP contribution in [0.5, 0.6) is 0 Å². The molecule has 1 unspecified atom stereocenters. The maximum atomic E-state index is 12.2. The number of rotatable bonds is 4. The van der Waals surface area contributed by atoms with Gasteiger partial charge in [-0.2, -0.15) is 0 Å². The Hall–Kier alpha value is -1.60. The molecule has 1 aromatic carbocycles. The summed E-state index contributed by atoms with van der Waals surface area (Å²) in [5, 5.41) is 11.1. The van der Waals surface area contributed by atoms with Crippen molar-refractivity contribution in [3.63, 3.8) is 0 Å². The van der Waals surface area contributed by atoms with Crippen LogP contribution in [0.4, 0.5) is 4.79 Å². The maximum absolute atomic E-state index is 12.2. The van der Waals surface area contributed by atoms with Crippen LogP contribution in [-0.4, -0.2) is 20.5 Å². The first kappa shape index (κ1) is 18.7. The summed E-state index contributed by atoms with van der Waals surface area (Å²) < 4.78 is 22.9. The first-order valence-corrected chi connectivity index (χ1v) is 10.1. The van der Waals surface area contributed by atoms with Crippen LogP contribution in [0.15, 0.2) is 29.2 Å². The van der Waals surface area contributed by atoms with Gasteiger partial charge in [0, 0.05) is 6.04 Å². The molecule has 1 aromatic rings. The Kier molecular flexibility index (Phi) is 6.62. The van der Waals surface area contributed by atoms with Gasteiger partial charge >= 0.3 is 6.03 Å². The number of benzene rings is 1. The van der Waals surface area contributed by atoms with Gasteiger partial charge in [0.25, 0.3) is 0 Å². The number of amides is 2. The molecule has 1 aliphatic rings. The van der Waals surface area contributed by atoms with E-state index in [1.807, 2.05) is 6.92 Å². The van der Waals surface area contributed by atoms with Crippen molar-refractivity contribution in [2.45, 2.75) is 68.8 Å². The second kappa shape index (κ2) is 8.48. The number of urea groups is 1. The molecule has 7 heteroatoms. The lowest BCUT2D eigenvalue weighted by Gasteiger charge is -2.23. The molecule has 0 spiro atoms. The number of carbonyl (C=O) groups is 1. The van der Waals surface area contributed by atoms with Gasteiger partial charge in [-0.25, -0.2) is 18.4 Å². The Bertz CT molecular complexity index is 653. The molecule has 0 aromatic heterocycles. The minimum atomic E-state index is -3.75. The Morgan fingerprint density at radius 3 is 2.42 bits per heavy atom. The summed E-state index contributed by atoms with van der Waals surface area (Å²) in [5.74, 6) is 0. The zero-order chi connectivity index (χ0) is 17.6. The number of carbonyl (C=O) groups excluding carboxylic acids is 1. The Balaban J connectivity index is 1.93. The molecule has 1 aliphatic carbocycles. The first-order chi connectivity index (χ1) is 11.4. The molecular weight excluding hydrogens is 326 g/mol. The average molecular weight is 353 g/mol. The average Bonchev–Trinajstić information content (AvgIpc) is 2.49. The molecule has 0 radical (unpaired) electrons. The van der Waals surface area contributed by atoms with Crippen LogP contribution in [0.2, 0.25) is 0 Å². The van der Waals surface area contributed by atoms with Gasteiger partial charge in [-0.15, -0.1) is 0 Å². The highest BCUT2D eigenvalue weighted by molar-refractivity contribution is 7.89. The normalized spacial score (nSPS) is 18.2. The fraction of sp³-hybridized carbons (Fsp3) is 0.588. The van der Waals surface area contributed by atoms with Gasteiger partial charge in [-0.1, -0.05) is 44.2 Å². The molecule has 0 aliphatic heterocycles. The molecule has 4 N–H and O–H groups in total. The third kappa shape index (κ3) is 5.79. The summed E-state index contributed by atoms with van der Waals surface area (Å²) in [6.45, 7) is 1.82. The lowest BCUT2D eigenvalue weighted by molar-refractivity contribution is 0.231. The van der Waals surface area contributed by atoms with E-state index < -0.39 is 10.0 Å². The predicted octanol–water partition coefficient (Wildman–Crippen LogP) is 2.81. The van der Waals surface area contributed by atoms with Crippen LogP contribution in [0, 0.1) is 0 Å². The molecule has 0 saturated heterocycles. The van der Waals surface area contributed by atoms with E-state index in [0.717, 1.165) is 25.7 Å². The summed E-state index contributed by atoms with van der Waals surface area (Å²) in [6.07, 6.45) is 8.09. The van der Waals surface area contributed by atoms with Crippen molar-refractivity contribution in [3.05, 3.63) is 29.8 Å². The second-order valence-electron chi connectivity index (χ2n) is 6.50. The molecule has 0 heterocycles. The van der Waals surface area contributed by atoms with Crippen LogP contribution in [0.25, 0.3) is 0 Å². The van der Waals surface area contributed by atoms with Gasteiger partial charge in [0.05, 0.1) is 10.9 Å². The Morgan fingerprint density at radius 1 is 1.17 bits per heavy atom. The zero-order valence-corrected chi connectivity index (χ0v) is 14.9. The van der Waals surface area contributed by atoms with Crippen LogP contribution < -0.4 is 15.8 Å². The van der Waals surface area contributed by atoms with Gasteiger partial charge in [0.2, 0.25) is 10.0 Å². The van der Waals surface area contributed by atoms with E-state index in [1.54, 1.807) is 12.1 Å². The zero-order valence-electron chi connectivity index (χ0n) is 14.1. The van der Waals surface area contributed by atoms with Gasteiger partial charge in [-0.3, -0.25) is 0 Å². The third-order valence-corrected chi connectivity index (χ3v) is 5.39. The van der Waals surface area contributed by atoms with Gasteiger partial charge in [-0.05, 0) is 37.5 Å². The van der Waals surface area contributed by atoms with Crippen LogP contribution in [-0.2, 0) is 10.0 Å². The monoisotopic (exact) mass is 353 g/mol. The molecule has 2 rings (SSSR count). The van der Waals surface area contributed by atoms with E-state index in [1.165, 1.54) is 31.4 Å². The number of primary sulfonamides is 1. The lowest BCUT2D eigenvalue weighted by Crippen LogP contribution is -2.43. The Morgan fingerprint density at radius 2 is 1.79 bits per heavy atom. The number of hydrogen-bond acceptors (Lipinski definition) is 3. The largest absolute Gasteiger partial charge is 0.335 e. The van der Waals surface area contributed by atoms with Gasteiger partial charge < -0.3 is 10.6 Å². The molecule has 24 heavy (non-hydrogen) atoms. The smallest absolute Gasteiger partial charge is 0.315 e. The fourth-order valence-electron chi connectivity index (χ4n) is 3.07. The van der Waals surface area contributed by atoms with Crippen molar-refractivity contribution >= 4 is 16.1 Å². The summed E-state index contributed by atoms with van der Waals surface area (Å²) in [7, 11) is -3.75. The topological polar surface area (TPSA) is 101 Å². The maximum Gasteiger partial charge on any atom is 0.315 e. The summed E-state index contributed by atoms with van der Waals surface area (Å²) in [4.78, 5) is 12.3. The third-order valence-electron chi connectivity index (χ3n) is 4.47. The van der Waals surface area contributed by atoms with Crippen molar-refractivity contribution in [1.29, 1.82) is 0 Å². The Labute approximate surface area is 144 Å². The fourth-order valence-corrected chi connectivity index (χ4v) is 3.64. The van der Waals surface area contributed by atoms with Crippen molar-refractivity contribution < 1.29 is 13.2 Å². The van der Waals surface area contributed by atoms with E-state index >= 15 is 0 Å². The van der Waals surface area contributed by atoms with E-state index in [9.17, 15) is 13.2 Å². The van der Waals surface area contributed by atoms with Gasteiger partial charge in [0.15, 0.2) is 0 Å². The standard InChI is InChI=1S/C17H27N3O3S/c1-13(14-8-7-11-16(12-14)24(18,22)23)19-17(21)20-15-9-5-3-2-4-6-10-15/h7-8,11-13,15H,2-6,9-10H2,1H3,(H2,18,22,23)(H2,19,20,21). The summed E-state index contributed by atoms with van der Waals surface area (Å²) in [5.41, 5.74) is 0.703. The van der Waals surface area contributed by atoms with E-state index in [0.29, 0.717) is 5.56 Å². The SMILES string of the molecule is CC(NC(=O)NC1CCCCCCC1)c1cccc(S(N)(=O)=O)c1. The van der Waals surface area contributed by atoms with Crippen molar-refractivity contribution in [1.82, 2.24) is 10.6 Å². The van der Waals surface area contributed by atoms with Crippen molar-refractivity contribution in [3.8, 4) is 0 Å². The number of sulfonamides is 1. The highest BCUT2D eigenvalue weighted by Gasteiger charge is 2.17. The first-order valence-electron chi connectivity index (χ1n) is 8.56. The van der Waals surface area contributed by atoms with Gasteiger partial charge in [0.1, 0.15) is 0 Å². The quantitative estimate of drug-likeness (QED) is 0.775. The van der Waals surface area contributed by atoms with Crippen molar-refractivity contribution in [2.24, 2.45) is 5.14 Å². The molecular formula is C17H27N3O3S. The van der Waals surface area contributed by atoms with E-state index in [2.05, 4.69) is 10.6 Å². The molecule has 6 nitrogen and oxygen atoms in total. The highest BCUT2D eigenvalue weighted by atomic mass is 32.2. The minimum absolute atomic E-state index is 0.0501. The molecule has 134 valence electrons. The van der Waals surface area contributed by atoms with Crippen LogP contribution in [0.3, 0.4) is 0 Å². The van der Waals surface area contributed by atoms with Crippen molar-refractivity contribution in [2.75, 3.05) is 0 Å². The van der Waals surface area contributed by atoms with E-state index in [4.69, 9.17) is 5.14 Å². The van der Waals surface area contributed by atoms with E-state index in [-0.39, 0.29) is 23.0 Å². The number of nitrogens with one attached hydrogen (secondary N) is 2.